The average Bonchev–Trinajstić information content (AvgIpc) is 2.46. The van der Waals surface area contributed by atoms with Gasteiger partial charge in [0, 0.05) is 18.8 Å². The van der Waals surface area contributed by atoms with E-state index in [1.807, 2.05) is 18.2 Å². The summed E-state index contributed by atoms with van der Waals surface area (Å²) in [6.45, 7) is 1.56. The minimum absolute atomic E-state index is 0.215. The number of aromatic nitrogens is 3. The summed E-state index contributed by atoms with van der Waals surface area (Å²) in [6.07, 6.45) is 0.937. The monoisotopic (exact) mass is 274 g/mol. The zero-order valence-electron chi connectivity index (χ0n) is 10.4. The van der Waals surface area contributed by atoms with Crippen LogP contribution in [-0.2, 0) is 12.3 Å². The van der Waals surface area contributed by atoms with Crippen molar-refractivity contribution in [1.29, 1.82) is 0 Å². The van der Waals surface area contributed by atoms with Crippen LogP contribution in [0, 0.1) is 0 Å². The Bertz CT molecular complexity index is 626. The van der Waals surface area contributed by atoms with Crippen LogP contribution in [0.15, 0.2) is 40.3 Å². The average molecular weight is 274 g/mol. The fourth-order valence-electron chi connectivity index (χ4n) is 1.97. The Morgan fingerprint density at radius 3 is 2.95 bits per heavy atom. The number of anilines is 1. The number of hydrogen-bond acceptors (Lipinski definition) is 5. The smallest absolute Gasteiger partial charge is 0.352 e. The van der Waals surface area contributed by atoms with Gasteiger partial charge < -0.3 is 5.32 Å². The molecule has 5 nitrogen and oxygen atoms in total. The zero-order chi connectivity index (χ0) is 13.1. The summed E-state index contributed by atoms with van der Waals surface area (Å²) in [5, 5.41) is 3.68. The van der Waals surface area contributed by atoms with E-state index in [0.29, 0.717) is 17.6 Å². The lowest BCUT2D eigenvalue weighted by molar-refractivity contribution is 0.564. The molecule has 0 amide bonds. The van der Waals surface area contributed by atoms with Gasteiger partial charge in [0.15, 0.2) is 5.16 Å². The van der Waals surface area contributed by atoms with Gasteiger partial charge in [0.1, 0.15) is 0 Å². The molecule has 3 rings (SSSR count). The van der Waals surface area contributed by atoms with Crippen molar-refractivity contribution in [2.75, 3.05) is 11.9 Å². The first kappa shape index (κ1) is 12.2. The van der Waals surface area contributed by atoms with Crippen molar-refractivity contribution >= 4 is 17.7 Å². The molecule has 0 fully saturated rings. The Morgan fingerprint density at radius 1 is 1.26 bits per heavy atom. The van der Waals surface area contributed by atoms with Gasteiger partial charge in [0.05, 0.1) is 0 Å². The number of hydrogen-bond donors (Lipinski definition) is 1. The molecule has 0 saturated heterocycles. The van der Waals surface area contributed by atoms with E-state index in [9.17, 15) is 4.79 Å². The van der Waals surface area contributed by atoms with Gasteiger partial charge in [-0.05, 0) is 12.0 Å². The van der Waals surface area contributed by atoms with Gasteiger partial charge in [-0.3, -0.25) is 4.57 Å². The summed E-state index contributed by atoms with van der Waals surface area (Å²) < 4.78 is 1.59. The Labute approximate surface area is 115 Å². The predicted molar refractivity (Wildman–Crippen MR) is 75.4 cm³/mol. The predicted octanol–water partition coefficient (Wildman–Crippen LogP) is 1.75. The molecule has 1 aromatic heterocycles. The van der Waals surface area contributed by atoms with E-state index in [1.54, 1.807) is 4.57 Å². The second-order valence-electron chi connectivity index (χ2n) is 4.32. The fourth-order valence-corrected chi connectivity index (χ4v) is 2.75. The van der Waals surface area contributed by atoms with E-state index in [4.69, 9.17) is 0 Å². The van der Waals surface area contributed by atoms with Crippen molar-refractivity contribution in [2.45, 2.75) is 23.9 Å². The highest BCUT2D eigenvalue weighted by Crippen LogP contribution is 2.19. The van der Waals surface area contributed by atoms with Crippen LogP contribution in [0.2, 0.25) is 0 Å². The molecular formula is C13H14N4OS. The Balaban J connectivity index is 1.78. The number of nitrogens with zero attached hydrogens (tertiary/aromatic N) is 3. The molecule has 0 spiro atoms. The minimum atomic E-state index is -0.215. The van der Waals surface area contributed by atoms with Gasteiger partial charge in [-0.15, -0.1) is 0 Å². The van der Waals surface area contributed by atoms with Gasteiger partial charge in [-0.2, -0.15) is 9.97 Å². The molecule has 1 N–H and O–H groups in total. The van der Waals surface area contributed by atoms with Crippen LogP contribution in [0.4, 0.5) is 5.95 Å². The summed E-state index contributed by atoms with van der Waals surface area (Å²) in [5.74, 6) is 1.41. The molecule has 0 atom stereocenters. The van der Waals surface area contributed by atoms with Crippen molar-refractivity contribution in [1.82, 2.24) is 14.5 Å². The third kappa shape index (κ3) is 2.78. The van der Waals surface area contributed by atoms with E-state index < -0.39 is 0 Å². The SMILES string of the molecule is O=c1nc(SCc2ccccc2)nc2n1CCCN2. The number of benzene rings is 1. The van der Waals surface area contributed by atoms with Crippen LogP contribution in [-0.4, -0.2) is 21.1 Å². The molecule has 6 heteroatoms. The van der Waals surface area contributed by atoms with Crippen molar-refractivity contribution < 1.29 is 0 Å². The lowest BCUT2D eigenvalue weighted by Gasteiger charge is -2.18. The van der Waals surface area contributed by atoms with Crippen LogP contribution in [0.5, 0.6) is 0 Å². The molecule has 1 aliphatic rings. The second kappa shape index (κ2) is 5.44. The summed E-state index contributed by atoms with van der Waals surface area (Å²) in [6, 6.07) is 10.1. The molecular weight excluding hydrogens is 260 g/mol. The molecule has 0 radical (unpaired) electrons. The first-order chi connectivity index (χ1) is 9.33. The topological polar surface area (TPSA) is 59.8 Å². The molecule has 98 valence electrons. The normalized spacial score (nSPS) is 13.7. The second-order valence-corrected chi connectivity index (χ2v) is 5.26. The standard InChI is InChI=1S/C13H14N4OS/c18-13-16-12(15-11-14-7-4-8-17(11)13)19-9-10-5-2-1-3-6-10/h1-3,5-6H,4,7-9H2,(H,14,15,16,18). The van der Waals surface area contributed by atoms with Crippen molar-refractivity contribution in [3.63, 3.8) is 0 Å². The van der Waals surface area contributed by atoms with Crippen molar-refractivity contribution in [3.8, 4) is 0 Å². The maximum Gasteiger partial charge on any atom is 0.352 e. The molecule has 19 heavy (non-hydrogen) atoms. The first-order valence-electron chi connectivity index (χ1n) is 6.22. The van der Waals surface area contributed by atoms with Gasteiger partial charge in [0.25, 0.3) is 0 Å². The van der Waals surface area contributed by atoms with Gasteiger partial charge in [-0.1, -0.05) is 42.1 Å². The highest BCUT2D eigenvalue weighted by molar-refractivity contribution is 7.98. The van der Waals surface area contributed by atoms with Crippen LogP contribution in [0.3, 0.4) is 0 Å². The first-order valence-corrected chi connectivity index (χ1v) is 7.21. The summed E-state index contributed by atoms with van der Waals surface area (Å²) >= 11 is 1.48. The van der Waals surface area contributed by atoms with Crippen molar-refractivity contribution in [3.05, 3.63) is 46.4 Å². The Hall–Kier alpha value is -1.82. The van der Waals surface area contributed by atoms with Crippen LogP contribution < -0.4 is 11.0 Å². The lowest BCUT2D eigenvalue weighted by Crippen LogP contribution is -2.32. The summed E-state index contributed by atoms with van der Waals surface area (Å²) in [5.41, 5.74) is 0.981. The molecule has 1 aliphatic heterocycles. The fraction of sp³-hybridized carbons (Fsp3) is 0.308. The largest absolute Gasteiger partial charge is 0.355 e. The maximum absolute atomic E-state index is 11.9. The minimum Gasteiger partial charge on any atom is -0.355 e. The Morgan fingerprint density at radius 2 is 2.11 bits per heavy atom. The number of rotatable bonds is 3. The lowest BCUT2D eigenvalue weighted by atomic mass is 10.2. The molecule has 2 heterocycles. The third-order valence-corrected chi connectivity index (χ3v) is 3.85. The van der Waals surface area contributed by atoms with Crippen LogP contribution in [0.25, 0.3) is 0 Å². The Kier molecular flexibility index (Phi) is 3.50. The number of nitrogens with one attached hydrogen (secondary N) is 1. The molecule has 0 unspecified atom stereocenters. The summed E-state index contributed by atoms with van der Waals surface area (Å²) in [4.78, 5) is 20.3. The van der Waals surface area contributed by atoms with E-state index in [2.05, 4.69) is 27.4 Å². The van der Waals surface area contributed by atoms with E-state index in [1.165, 1.54) is 17.3 Å². The van der Waals surface area contributed by atoms with E-state index in [-0.39, 0.29) is 5.69 Å². The maximum atomic E-state index is 11.9. The number of fused-ring (bicyclic) bond motifs is 1. The van der Waals surface area contributed by atoms with E-state index in [0.717, 1.165) is 18.7 Å². The van der Waals surface area contributed by atoms with E-state index >= 15 is 0 Å². The van der Waals surface area contributed by atoms with Gasteiger partial charge in [0.2, 0.25) is 5.95 Å². The highest BCUT2D eigenvalue weighted by atomic mass is 32.2. The molecule has 0 aliphatic carbocycles. The van der Waals surface area contributed by atoms with Crippen LogP contribution in [0.1, 0.15) is 12.0 Å². The van der Waals surface area contributed by atoms with Gasteiger partial charge in [-0.25, -0.2) is 4.79 Å². The zero-order valence-corrected chi connectivity index (χ0v) is 11.2. The van der Waals surface area contributed by atoms with Crippen LogP contribution >= 0.6 is 11.8 Å². The molecule has 0 bridgehead atoms. The highest BCUT2D eigenvalue weighted by Gasteiger charge is 2.13. The third-order valence-electron chi connectivity index (χ3n) is 2.93. The van der Waals surface area contributed by atoms with Crippen molar-refractivity contribution in [2.24, 2.45) is 0 Å². The number of thioether (sulfide) groups is 1. The molecule has 0 saturated carbocycles. The molecule has 1 aromatic carbocycles. The quantitative estimate of drug-likeness (QED) is 0.864. The summed E-state index contributed by atoms with van der Waals surface area (Å²) in [7, 11) is 0. The van der Waals surface area contributed by atoms with Gasteiger partial charge >= 0.3 is 5.69 Å². The molecule has 2 aromatic rings.